The van der Waals surface area contributed by atoms with Crippen molar-refractivity contribution in [3.8, 4) is 0 Å². The Morgan fingerprint density at radius 2 is 2.00 bits per heavy atom. The molecule has 2 N–H and O–H groups in total. The van der Waals surface area contributed by atoms with Crippen molar-refractivity contribution in [3.63, 3.8) is 0 Å². The van der Waals surface area contributed by atoms with E-state index in [9.17, 15) is 0 Å². The van der Waals surface area contributed by atoms with E-state index in [1.54, 1.807) is 0 Å². The number of hydrogen-bond donors (Lipinski definition) is 2. The van der Waals surface area contributed by atoms with Crippen molar-refractivity contribution in [1.82, 2.24) is 10.3 Å². The van der Waals surface area contributed by atoms with Crippen LogP contribution in [0.4, 0.5) is 5.82 Å². The molecule has 1 aliphatic heterocycles. The molecule has 0 bridgehead atoms. The van der Waals surface area contributed by atoms with Crippen molar-refractivity contribution in [2.24, 2.45) is 0 Å². The van der Waals surface area contributed by atoms with Gasteiger partial charge in [-0.3, -0.25) is 0 Å². The number of benzene rings is 1. The van der Waals surface area contributed by atoms with E-state index in [1.165, 1.54) is 5.39 Å². The Labute approximate surface area is 88.5 Å². The maximum Gasteiger partial charge on any atom is 0.126 e. The summed E-state index contributed by atoms with van der Waals surface area (Å²) in [5, 5.41) is 7.81. The molecule has 0 saturated carbocycles. The zero-order valence-corrected chi connectivity index (χ0v) is 8.40. The van der Waals surface area contributed by atoms with Gasteiger partial charge in [0, 0.05) is 18.5 Å². The van der Waals surface area contributed by atoms with Crippen LogP contribution >= 0.6 is 0 Å². The molecule has 3 heteroatoms. The van der Waals surface area contributed by atoms with E-state index in [-0.39, 0.29) is 0 Å². The van der Waals surface area contributed by atoms with Crippen LogP contribution in [0, 0.1) is 0 Å². The van der Waals surface area contributed by atoms with Gasteiger partial charge in [-0.25, -0.2) is 4.98 Å². The SMILES string of the molecule is c1ccc2nc(NC3CNC3)ccc2c1. The van der Waals surface area contributed by atoms with E-state index < -0.39 is 0 Å². The Balaban J connectivity index is 1.91. The molecular formula is C12H13N3. The topological polar surface area (TPSA) is 37.0 Å². The summed E-state index contributed by atoms with van der Waals surface area (Å²) in [5.41, 5.74) is 1.05. The predicted molar refractivity (Wildman–Crippen MR) is 62.0 cm³/mol. The smallest absolute Gasteiger partial charge is 0.126 e. The van der Waals surface area contributed by atoms with Gasteiger partial charge in [0.05, 0.1) is 11.6 Å². The molecule has 1 aromatic heterocycles. The molecular weight excluding hydrogens is 186 g/mol. The lowest BCUT2D eigenvalue weighted by Gasteiger charge is -2.28. The van der Waals surface area contributed by atoms with Gasteiger partial charge in [-0.05, 0) is 18.2 Å². The molecule has 0 spiro atoms. The third-order valence-corrected chi connectivity index (χ3v) is 2.73. The van der Waals surface area contributed by atoms with Crippen molar-refractivity contribution in [3.05, 3.63) is 36.4 Å². The van der Waals surface area contributed by atoms with Gasteiger partial charge in [0.1, 0.15) is 5.82 Å². The number of fused-ring (bicyclic) bond motifs is 1. The standard InChI is InChI=1S/C12H13N3/c1-2-4-11-9(3-1)5-6-12(15-11)14-10-7-13-8-10/h1-6,10,13H,7-8H2,(H,14,15). The first-order valence-electron chi connectivity index (χ1n) is 5.25. The molecule has 1 fully saturated rings. The molecule has 0 aliphatic carbocycles. The van der Waals surface area contributed by atoms with Crippen LogP contribution in [0.25, 0.3) is 10.9 Å². The Bertz CT molecular complexity index is 477. The lowest BCUT2D eigenvalue weighted by molar-refractivity contribution is 0.471. The van der Waals surface area contributed by atoms with Crippen LogP contribution in [0.2, 0.25) is 0 Å². The van der Waals surface area contributed by atoms with E-state index in [1.807, 2.05) is 24.3 Å². The van der Waals surface area contributed by atoms with E-state index in [0.717, 1.165) is 24.4 Å². The monoisotopic (exact) mass is 199 g/mol. The Kier molecular flexibility index (Phi) is 2.03. The van der Waals surface area contributed by atoms with Crippen LogP contribution in [0.1, 0.15) is 0 Å². The summed E-state index contributed by atoms with van der Waals surface area (Å²) in [6, 6.07) is 12.9. The highest BCUT2D eigenvalue weighted by molar-refractivity contribution is 5.80. The number of aromatic nitrogens is 1. The summed E-state index contributed by atoms with van der Waals surface area (Å²) in [7, 11) is 0. The van der Waals surface area contributed by atoms with Gasteiger partial charge in [0.2, 0.25) is 0 Å². The van der Waals surface area contributed by atoms with Crippen LogP contribution in [0.3, 0.4) is 0 Å². The lowest BCUT2D eigenvalue weighted by atomic mass is 10.2. The second-order valence-electron chi connectivity index (χ2n) is 3.89. The molecule has 2 aromatic rings. The molecule has 0 radical (unpaired) electrons. The van der Waals surface area contributed by atoms with E-state index in [4.69, 9.17) is 0 Å². The summed E-state index contributed by atoms with van der Waals surface area (Å²) in [6.07, 6.45) is 0. The van der Waals surface area contributed by atoms with Gasteiger partial charge in [0.25, 0.3) is 0 Å². The third kappa shape index (κ3) is 1.66. The van der Waals surface area contributed by atoms with E-state index in [0.29, 0.717) is 6.04 Å². The number of pyridine rings is 1. The number of nitrogens with zero attached hydrogens (tertiary/aromatic N) is 1. The number of para-hydroxylation sites is 1. The number of rotatable bonds is 2. The Morgan fingerprint density at radius 3 is 2.80 bits per heavy atom. The molecule has 0 unspecified atom stereocenters. The van der Waals surface area contributed by atoms with Crippen LogP contribution in [-0.4, -0.2) is 24.1 Å². The molecule has 1 aliphatic rings. The van der Waals surface area contributed by atoms with Gasteiger partial charge >= 0.3 is 0 Å². The summed E-state index contributed by atoms with van der Waals surface area (Å²) in [6.45, 7) is 2.07. The fraction of sp³-hybridized carbons (Fsp3) is 0.250. The van der Waals surface area contributed by atoms with Crippen molar-refractivity contribution in [2.45, 2.75) is 6.04 Å². The molecule has 76 valence electrons. The Hall–Kier alpha value is -1.61. The number of nitrogens with one attached hydrogen (secondary N) is 2. The highest BCUT2D eigenvalue weighted by Crippen LogP contribution is 2.15. The van der Waals surface area contributed by atoms with Crippen molar-refractivity contribution < 1.29 is 0 Å². The zero-order valence-electron chi connectivity index (χ0n) is 8.40. The summed E-state index contributed by atoms with van der Waals surface area (Å²) < 4.78 is 0. The second-order valence-corrected chi connectivity index (χ2v) is 3.89. The van der Waals surface area contributed by atoms with E-state index >= 15 is 0 Å². The molecule has 1 aromatic carbocycles. The average Bonchev–Trinajstić information content (AvgIpc) is 2.23. The summed E-state index contributed by atoms with van der Waals surface area (Å²) in [5.74, 6) is 0.972. The highest BCUT2D eigenvalue weighted by Gasteiger charge is 2.16. The van der Waals surface area contributed by atoms with Gasteiger partial charge in [-0.15, -0.1) is 0 Å². The molecule has 0 atom stereocenters. The number of hydrogen-bond acceptors (Lipinski definition) is 3. The van der Waals surface area contributed by atoms with Gasteiger partial charge in [0.15, 0.2) is 0 Å². The van der Waals surface area contributed by atoms with Crippen molar-refractivity contribution in [2.75, 3.05) is 18.4 Å². The molecule has 0 amide bonds. The minimum Gasteiger partial charge on any atom is -0.365 e. The third-order valence-electron chi connectivity index (χ3n) is 2.73. The molecule has 15 heavy (non-hydrogen) atoms. The zero-order chi connectivity index (χ0) is 10.1. The van der Waals surface area contributed by atoms with Gasteiger partial charge in [-0.1, -0.05) is 18.2 Å². The highest BCUT2D eigenvalue weighted by atomic mass is 15.1. The van der Waals surface area contributed by atoms with Crippen molar-refractivity contribution >= 4 is 16.7 Å². The molecule has 1 saturated heterocycles. The predicted octanol–water partition coefficient (Wildman–Crippen LogP) is 1.62. The quantitative estimate of drug-likeness (QED) is 0.771. The van der Waals surface area contributed by atoms with Crippen molar-refractivity contribution in [1.29, 1.82) is 0 Å². The van der Waals surface area contributed by atoms with Gasteiger partial charge in [-0.2, -0.15) is 0 Å². The Morgan fingerprint density at radius 1 is 1.13 bits per heavy atom. The maximum atomic E-state index is 4.56. The minimum atomic E-state index is 0.540. The molecule has 3 rings (SSSR count). The second kappa shape index (κ2) is 3.51. The first kappa shape index (κ1) is 8.68. The first-order valence-corrected chi connectivity index (χ1v) is 5.25. The fourth-order valence-corrected chi connectivity index (χ4v) is 1.75. The van der Waals surface area contributed by atoms with Crippen LogP contribution < -0.4 is 10.6 Å². The maximum absolute atomic E-state index is 4.56. The lowest BCUT2D eigenvalue weighted by Crippen LogP contribution is -2.51. The van der Waals surface area contributed by atoms with E-state index in [2.05, 4.69) is 27.8 Å². The normalized spacial score (nSPS) is 16.3. The van der Waals surface area contributed by atoms with Crippen LogP contribution in [0.5, 0.6) is 0 Å². The molecule has 3 nitrogen and oxygen atoms in total. The minimum absolute atomic E-state index is 0.540. The van der Waals surface area contributed by atoms with Crippen LogP contribution in [0.15, 0.2) is 36.4 Å². The van der Waals surface area contributed by atoms with Crippen LogP contribution in [-0.2, 0) is 0 Å². The average molecular weight is 199 g/mol. The van der Waals surface area contributed by atoms with Gasteiger partial charge < -0.3 is 10.6 Å². The largest absolute Gasteiger partial charge is 0.365 e. The first-order chi connectivity index (χ1) is 7.42. The number of anilines is 1. The summed E-state index contributed by atoms with van der Waals surface area (Å²) in [4.78, 5) is 4.56. The fourth-order valence-electron chi connectivity index (χ4n) is 1.75. The molecule has 2 heterocycles. The summed E-state index contributed by atoms with van der Waals surface area (Å²) >= 11 is 0.